The molecule has 0 aromatic heterocycles. The number of rotatable bonds is 3. The van der Waals surface area contributed by atoms with Gasteiger partial charge in [0.2, 0.25) is 0 Å². The molecule has 1 aromatic rings. The van der Waals surface area contributed by atoms with Gasteiger partial charge in [-0.05, 0) is 12.1 Å². The summed E-state index contributed by atoms with van der Waals surface area (Å²) in [5, 5.41) is 0. The monoisotopic (exact) mass is 312 g/mol. The SMILES string of the molecule is Fc1cccc(OC(F)(F)C(C(F)(F)F)C(F)(F)F)c1. The van der Waals surface area contributed by atoms with E-state index in [1.807, 2.05) is 0 Å². The first-order valence-corrected chi connectivity index (χ1v) is 4.80. The lowest BCUT2D eigenvalue weighted by Crippen LogP contribution is -2.51. The first-order chi connectivity index (χ1) is 8.84. The largest absolute Gasteiger partial charge is 0.432 e. The molecule has 0 N–H and O–H groups in total. The van der Waals surface area contributed by atoms with Gasteiger partial charge in [-0.3, -0.25) is 0 Å². The van der Waals surface area contributed by atoms with E-state index < -0.39 is 35.9 Å². The van der Waals surface area contributed by atoms with Crippen LogP contribution in [0.3, 0.4) is 0 Å². The molecule has 114 valence electrons. The van der Waals surface area contributed by atoms with Gasteiger partial charge < -0.3 is 4.74 Å². The molecule has 0 aliphatic carbocycles. The van der Waals surface area contributed by atoms with Crippen molar-refractivity contribution in [3.05, 3.63) is 30.1 Å². The molecule has 1 nitrogen and oxygen atoms in total. The number of alkyl halides is 8. The van der Waals surface area contributed by atoms with Crippen molar-refractivity contribution in [3.63, 3.8) is 0 Å². The minimum absolute atomic E-state index is 0.234. The van der Waals surface area contributed by atoms with E-state index in [9.17, 15) is 39.5 Å². The fraction of sp³-hybridized carbons (Fsp3) is 0.400. The van der Waals surface area contributed by atoms with Crippen LogP contribution in [0.2, 0.25) is 0 Å². The predicted molar refractivity (Wildman–Crippen MR) is 47.6 cm³/mol. The van der Waals surface area contributed by atoms with Gasteiger partial charge >= 0.3 is 18.5 Å². The second-order valence-electron chi connectivity index (χ2n) is 3.64. The predicted octanol–water partition coefficient (Wildman–Crippen LogP) is 4.54. The van der Waals surface area contributed by atoms with Crippen LogP contribution in [0.1, 0.15) is 0 Å². The number of hydrogen-bond acceptors (Lipinski definition) is 1. The van der Waals surface area contributed by atoms with Gasteiger partial charge in [-0.25, -0.2) is 4.39 Å². The zero-order valence-electron chi connectivity index (χ0n) is 9.20. The maximum atomic E-state index is 13.1. The Kier molecular flexibility index (Phi) is 4.16. The molecule has 0 unspecified atom stereocenters. The van der Waals surface area contributed by atoms with Crippen molar-refractivity contribution in [2.45, 2.75) is 18.5 Å². The first-order valence-electron chi connectivity index (χ1n) is 4.80. The number of benzene rings is 1. The Morgan fingerprint density at radius 2 is 1.35 bits per heavy atom. The average Bonchev–Trinajstić information content (AvgIpc) is 2.09. The van der Waals surface area contributed by atoms with Crippen LogP contribution in [0, 0.1) is 11.7 Å². The molecule has 1 rings (SSSR count). The van der Waals surface area contributed by atoms with Crippen molar-refractivity contribution in [1.82, 2.24) is 0 Å². The van der Waals surface area contributed by atoms with Crippen LogP contribution < -0.4 is 4.74 Å². The third-order valence-corrected chi connectivity index (χ3v) is 2.04. The van der Waals surface area contributed by atoms with Crippen molar-refractivity contribution in [3.8, 4) is 5.75 Å². The lowest BCUT2D eigenvalue weighted by Gasteiger charge is -2.29. The van der Waals surface area contributed by atoms with Crippen LogP contribution >= 0.6 is 0 Å². The molecule has 0 saturated heterocycles. The van der Waals surface area contributed by atoms with Crippen LogP contribution in [0.15, 0.2) is 24.3 Å². The van der Waals surface area contributed by atoms with Crippen LogP contribution in [0.5, 0.6) is 5.75 Å². The normalized spacial score (nSPS) is 13.7. The summed E-state index contributed by atoms with van der Waals surface area (Å²) in [5.74, 6) is -7.34. The smallest absolute Gasteiger partial charge is 0.418 e. The third-order valence-electron chi connectivity index (χ3n) is 2.04. The van der Waals surface area contributed by atoms with Crippen LogP contribution in [-0.4, -0.2) is 18.5 Å². The van der Waals surface area contributed by atoms with Gasteiger partial charge in [0.15, 0.2) is 0 Å². The molecule has 0 aliphatic rings. The van der Waals surface area contributed by atoms with E-state index in [0.717, 1.165) is 12.1 Å². The van der Waals surface area contributed by atoms with Gasteiger partial charge in [-0.2, -0.15) is 35.1 Å². The second-order valence-corrected chi connectivity index (χ2v) is 3.64. The standard InChI is InChI=1S/C10H5F9O/c11-5-2-1-3-6(4-5)20-10(18,19)7(8(12,13)14)9(15,16)17/h1-4,7H. The zero-order chi connectivity index (χ0) is 15.8. The Labute approximate surface area is 105 Å². The number of hydrogen-bond donors (Lipinski definition) is 0. The average molecular weight is 312 g/mol. The highest BCUT2D eigenvalue weighted by Gasteiger charge is 2.70. The van der Waals surface area contributed by atoms with Crippen molar-refractivity contribution in [2.75, 3.05) is 0 Å². The van der Waals surface area contributed by atoms with Gasteiger partial charge in [0.25, 0.3) is 5.92 Å². The second kappa shape index (κ2) is 5.06. The van der Waals surface area contributed by atoms with E-state index in [4.69, 9.17) is 0 Å². The van der Waals surface area contributed by atoms with Crippen molar-refractivity contribution in [2.24, 2.45) is 5.92 Å². The molecule has 1 aromatic carbocycles. The lowest BCUT2D eigenvalue weighted by molar-refractivity contribution is -0.379. The Bertz CT molecular complexity index is 449. The molecule has 10 heteroatoms. The zero-order valence-corrected chi connectivity index (χ0v) is 9.20. The lowest BCUT2D eigenvalue weighted by atomic mass is 10.1. The summed E-state index contributed by atoms with van der Waals surface area (Å²) in [7, 11) is 0. The van der Waals surface area contributed by atoms with Gasteiger partial charge in [-0.1, -0.05) is 6.07 Å². The van der Waals surface area contributed by atoms with Gasteiger partial charge in [0.05, 0.1) is 0 Å². The Morgan fingerprint density at radius 3 is 1.75 bits per heavy atom. The summed E-state index contributed by atoms with van der Waals surface area (Å²) < 4.78 is 115. The third kappa shape index (κ3) is 3.94. The molecule has 0 radical (unpaired) electrons. The molecule has 0 fully saturated rings. The molecule has 0 saturated carbocycles. The summed E-state index contributed by atoms with van der Waals surface area (Å²) in [6.45, 7) is 0. The van der Waals surface area contributed by atoms with Crippen molar-refractivity contribution < 1.29 is 44.3 Å². The van der Waals surface area contributed by atoms with E-state index in [1.54, 1.807) is 0 Å². The maximum Gasteiger partial charge on any atom is 0.418 e. The first kappa shape index (κ1) is 16.4. The van der Waals surface area contributed by atoms with E-state index in [2.05, 4.69) is 4.74 Å². The molecular formula is C10H5F9O. The molecule has 0 aliphatic heterocycles. The van der Waals surface area contributed by atoms with Crippen molar-refractivity contribution >= 4 is 0 Å². The van der Waals surface area contributed by atoms with E-state index in [1.165, 1.54) is 0 Å². The summed E-state index contributed by atoms with van der Waals surface area (Å²) in [5.41, 5.74) is 0. The fourth-order valence-corrected chi connectivity index (χ4v) is 1.31. The summed E-state index contributed by atoms with van der Waals surface area (Å²) in [6, 6.07) is 2.37. The van der Waals surface area contributed by atoms with Crippen molar-refractivity contribution in [1.29, 1.82) is 0 Å². The van der Waals surface area contributed by atoms with E-state index in [-0.39, 0.29) is 6.07 Å². The Morgan fingerprint density at radius 1 is 0.850 bits per heavy atom. The van der Waals surface area contributed by atoms with Crippen LogP contribution in [0.4, 0.5) is 39.5 Å². The van der Waals surface area contributed by atoms with E-state index in [0.29, 0.717) is 6.07 Å². The highest BCUT2D eigenvalue weighted by molar-refractivity contribution is 5.23. The fourth-order valence-electron chi connectivity index (χ4n) is 1.31. The molecular weight excluding hydrogens is 307 g/mol. The minimum Gasteiger partial charge on any atom is -0.432 e. The Hall–Kier alpha value is -1.61. The highest BCUT2D eigenvalue weighted by atomic mass is 19.4. The van der Waals surface area contributed by atoms with Crippen LogP contribution in [0.25, 0.3) is 0 Å². The minimum atomic E-state index is -6.28. The molecule has 0 atom stereocenters. The van der Waals surface area contributed by atoms with Gasteiger partial charge in [-0.15, -0.1) is 0 Å². The maximum absolute atomic E-state index is 13.1. The molecule has 0 amide bonds. The molecule has 0 spiro atoms. The topological polar surface area (TPSA) is 9.23 Å². The molecule has 0 heterocycles. The molecule has 0 bridgehead atoms. The summed E-state index contributed by atoms with van der Waals surface area (Å²) in [6.07, 6.45) is -18.2. The molecule has 20 heavy (non-hydrogen) atoms. The quantitative estimate of drug-likeness (QED) is 0.745. The summed E-state index contributed by atoms with van der Waals surface area (Å²) in [4.78, 5) is 0. The number of halogens is 9. The van der Waals surface area contributed by atoms with Crippen LogP contribution in [-0.2, 0) is 0 Å². The van der Waals surface area contributed by atoms with E-state index >= 15 is 0 Å². The number of ether oxygens (including phenoxy) is 1. The Balaban J connectivity index is 3.12. The van der Waals surface area contributed by atoms with Gasteiger partial charge in [0, 0.05) is 6.07 Å². The summed E-state index contributed by atoms with van der Waals surface area (Å²) >= 11 is 0. The van der Waals surface area contributed by atoms with Gasteiger partial charge in [0.1, 0.15) is 11.6 Å². The highest BCUT2D eigenvalue weighted by Crippen LogP contribution is 2.48.